The van der Waals surface area contributed by atoms with Gasteiger partial charge in [0, 0.05) is 18.2 Å². The molecule has 0 fully saturated rings. The van der Waals surface area contributed by atoms with Crippen molar-refractivity contribution in [2.75, 3.05) is 19.5 Å². The van der Waals surface area contributed by atoms with Crippen LogP contribution < -0.4 is 14.8 Å². The van der Waals surface area contributed by atoms with Crippen LogP contribution in [0.4, 0.5) is 5.82 Å². The van der Waals surface area contributed by atoms with Crippen LogP contribution in [0.2, 0.25) is 5.28 Å². The summed E-state index contributed by atoms with van der Waals surface area (Å²) < 4.78 is 10.6. The Kier molecular flexibility index (Phi) is 4.26. The van der Waals surface area contributed by atoms with Crippen molar-refractivity contribution in [3.8, 4) is 11.5 Å². The molecule has 3 rings (SSSR count). The molecule has 0 saturated heterocycles. The fourth-order valence-corrected chi connectivity index (χ4v) is 2.91. The van der Waals surface area contributed by atoms with Crippen molar-refractivity contribution < 1.29 is 9.47 Å². The number of hydrogen-bond acceptors (Lipinski definition) is 7. The van der Waals surface area contributed by atoms with Gasteiger partial charge in [-0.25, -0.2) is 9.97 Å². The number of rotatable bonds is 5. The summed E-state index contributed by atoms with van der Waals surface area (Å²) in [6, 6.07) is 5.65. The highest BCUT2D eigenvalue weighted by Crippen LogP contribution is 2.27. The molecule has 2 heterocycles. The third-order valence-corrected chi connectivity index (χ3v) is 4.00. The van der Waals surface area contributed by atoms with E-state index in [4.69, 9.17) is 21.1 Å². The van der Waals surface area contributed by atoms with E-state index in [0.717, 1.165) is 21.9 Å². The Morgan fingerprint density at radius 3 is 2.86 bits per heavy atom. The lowest BCUT2D eigenvalue weighted by Crippen LogP contribution is -2.04. The van der Waals surface area contributed by atoms with Gasteiger partial charge < -0.3 is 14.8 Å². The Balaban J connectivity index is 1.86. The Morgan fingerprint density at radius 1 is 1.23 bits per heavy atom. The molecule has 0 spiro atoms. The first-order chi connectivity index (χ1) is 10.7. The number of benzene rings is 1. The average Bonchev–Trinajstić information content (AvgIpc) is 3.00. The number of halogens is 1. The van der Waals surface area contributed by atoms with E-state index in [9.17, 15) is 0 Å². The normalized spacial score (nSPS) is 10.7. The molecule has 6 nitrogen and oxygen atoms in total. The molecule has 0 aliphatic heterocycles. The van der Waals surface area contributed by atoms with Gasteiger partial charge in [0.2, 0.25) is 5.28 Å². The summed E-state index contributed by atoms with van der Waals surface area (Å²) in [4.78, 5) is 13.4. The third kappa shape index (κ3) is 2.90. The summed E-state index contributed by atoms with van der Waals surface area (Å²) in [5.41, 5.74) is 3.40. The van der Waals surface area contributed by atoms with E-state index < -0.39 is 0 Å². The van der Waals surface area contributed by atoms with Crippen LogP contribution in [-0.4, -0.2) is 29.2 Å². The van der Waals surface area contributed by atoms with Crippen LogP contribution in [0.5, 0.6) is 11.5 Å². The maximum Gasteiger partial charge on any atom is 0.225 e. The number of fused-ring (bicyclic) bond motifs is 1. The second-order valence-corrected chi connectivity index (χ2v) is 5.55. The lowest BCUT2D eigenvalue weighted by Gasteiger charge is -2.12. The van der Waals surface area contributed by atoms with E-state index >= 15 is 0 Å². The minimum absolute atomic E-state index is 0.195. The van der Waals surface area contributed by atoms with Gasteiger partial charge in [-0.1, -0.05) is 0 Å². The Morgan fingerprint density at radius 2 is 2.09 bits per heavy atom. The van der Waals surface area contributed by atoms with E-state index in [2.05, 4.69) is 20.3 Å². The molecule has 0 saturated carbocycles. The first-order valence-corrected chi connectivity index (χ1v) is 7.68. The number of hydrogen-bond donors (Lipinski definition) is 1. The number of thiazole rings is 1. The van der Waals surface area contributed by atoms with E-state index in [0.29, 0.717) is 17.9 Å². The number of anilines is 1. The minimum atomic E-state index is 0.195. The molecule has 22 heavy (non-hydrogen) atoms. The third-order valence-electron chi connectivity index (χ3n) is 3.11. The van der Waals surface area contributed by atoms with Crippen LogP contribution in [0.25, 0.3) is 10.3 Å². The van der Waals surface area contributed by atoms with Crippen LogP contribution >= 0.6 is 22.9 Å². The lowest BCUT2D eigenvalue weighted by atomic mass is 10.2. The van der Waals surface area contributed by atoms with Gasteiger partial charge in [-0.05, 0) is 23.7 Å². The first kappa shape index (κ1) is 14.8. The zero-order valence-electron chi connectivity index (χ0n) is 12.0. The molecule has 114 valence electrons. The number of aromatic nitrogens is 3. The topological polar surface area (TPSA) is 69.2 Å². The smallest absolute Gasteiger partial charge is 0.225 e. The quantitative estimate of drug-likeness (QED) is 0.720. The van der Waals surface area contributed by atoms with Crippen molar-refractivity contribution in [2.24, 2.45) is 0 Å². The number of methoxy groups -OCH3 is 2. The molecule has 0 bridgehead atoms. The van der Waals surface area contributed by atoms with E-state index in [1.54, 1.807) is 19.7 Å². The fraction of sp³-hybridized carbons (Fsp3) is 0.214. The van der Waals surface area contributed by atoms with Crippen LogP contribution in [0, 0.1) is 0 Å². The van der Waals surface area contributed by atoms with Crippen LogP contribution in [0.1, 0.15) is 5.56 Å². The molecule has 1 N–H and O–H groups in total. The van der Waals surface area contributed by atoms with Gasteiger partial charge in [0.15, 0.2) is 10.6 Å². The number of nitrogens with zero attached hydrogens (tertiary/aromatic N) is 3. The summed E-state index contributed by atoms with van der Waals surface area (Å²) in [5, 5.41) is 3.43. The largest absolute Gasteiger partial charge is 0.497 e. The summed E-state index contributed by atoms with van der Waals surface area (Å²) in [6.45, 7) is 0.521. The van der Waals surface area contributed by atoms with Crippen LogP contribution in [0.3, 0.4) is 0 Å². The minimum Gasteiger partial charge on any atom is -0.497 e. The second-order valence-electron chi connectivity index (χ2n) is 4.38. The monoisotopic (exact) mass is 336 g/mol. The molecule has 0 amide bonds. The second kappa shape index (κ2) is 6.33. The summed E-state index contributed by atoms with van der Waals surface area (Å²) >= 11 is 7.36. The molecule has 3 aromatic rings. The van der Waals surface area contributed by atoms with Crippen molar-refractivity contribution in [1.29, 1.82) is 0 Å². The van der Waals surface area contributed by atoms with E-state index in [-0.39, 0.29) is 5.28 Å². The van der Waals surface area contributed by atoms with Crippen molar-refractivity contribution in [3.63, 3.8) is 0 Å². The van der Waals surface area contributed by atoms with Crippen molar-refractivity contribution >= 4 is 39.1 Å². The summed E-state index contributed by atoms with van der Waals surface area (Å²) in [7, 11) is 3.24. The predicted octanol–water partition coefficient (Wildman–Crippen LogP) is 3.37. The van der Waals surface area contributed by atoms with Gasteiger partial charge in [0.1, 0.15) is 17.0 Å². The van der Waals surface area contributed by atoms with Crippen molar-refractivity contribution in [3.05, 3.63) is 34.6 Å². The molecule has 0 atom stereocenters. The van der Waals surface area contributed by atoms with E-state index in [1.165, 1.54) is 11.3 Å². The maximum absolute atomic E-state index is 5.94. The SMILES string of the molecule is COc1ccc(CNc2nc(Cl)nc3scnc23)c(OC)c1. The zero-order valence-corrected chi connectivity index (χ0v) is 13.5. The standard InChI is InChI=1S/C14H13ClN4O2S/c1-20-9-4-3-8(10(5-9)21-2)6-16-12-11-13(22-7-17-11)19-14(15)18-12/h3-5,7H,6H2,1-2H3,(H,16,18,19). The molecule has 0 aliphatic rings. The first-order valence-electron chi connectivity index (χ1n) is 6.42. The number of ether oxygens (including phenoxy) is 2. The maximum atomic E-state index is 5.94. The van der Waals surface area contributed by atoms with Crippen molar-refractivity contribution in [1.82, 2.24) is 15.0 Å². The van der Waals surface area contributed by atoms with Gasteiger partial charge in [-0.2, -0.15) is 4.98 Å². The average molecular weight is 337 g/mol. The van der Waals surface area contributed by atoms with Gasteiger partial charge >= 0.3 is 0 Å². The lowest BCUT2D eigenvalue weighted by molar-refractivity contribution is 0.391. The Labute approximate surface area is 136 Å². The van der Waals surface area contributed by atoms with Gasteiger partial charge in [0.25, 0.3) is 0 Å². The molecule has 0 radical (unpaired) electrons. The van der Waals surface area contributed by atoms with Gasteiger partial charge in [-0.3, -0.25) is 0 Å². The van der Waals surface area contributed by atoms with Crippen LogP contribution in [-0.2, 0) is 6.54 Å². The molecule has 8 heteroatoms. The van der Waals surface area contributed by atoms with Gasteiger partial charge in [-0.15, -0.1) is 11.3 Å². The van der Waals surface area contributed by atoms with Crippen molar-refractivity contribution in [2.45, 2.75) is 6.54 Å². The highest BCUT2D eigenvalue weighted by atomic mass is 35.5. The van der Waals surface area contributed by atoms with Gasteiger partial charge in [0.05, 0.1) is 19.7 Å². The molecule has 2 aromatic heterocycles. The fourth-order valence-electron chi connectivity index (χ4n) is 2.04. The molecule has 1 aromatic carbocycles. The highest BCUT2D eigenvalue weighted by Gasteiger charge is 2.11. The molecule has 0 unspecified atom stereocenters. The Bertz CT molecular complexity index is 809. The molecular formula is C14H13ClN4O2S. The molecular weight excluding hydrogens is 324 g/mol. The Hall–Kier alpha value is -2.12. The van der Waals surface area contributed by atoms with Crippen LogP contribution in [0.15, 0.2) is 23.7 Å². The molecule has 0 aliphatic carbocycles. The summed E-state index contributed by atoms with van der Waals surface area (Å²) in [5.74, 6) is 2.09. The number of nitrogens with one attached hydrogen (secondary N) is 1. The predicted molar refractivity (Wildman–Crippen MR) is 87.1 cm³/mol. The zero-order chi connectivity index (χ0) is 15.5. The summed E-state index contributed by atoms with van der Waals surface area (Å²) in [6.07, 6.45) is 0. The highest BCUT2D eigenvalue weighted by molar-refractivity contribution is 7.16. The van der Waals surface area contributed by atoms with E-state index in [1.807, 2.05) is 18.2 Å².